The molecule has 0 bridgehead atoms. The lowest BCUT2D eigenvalue weighted by Crippen LogP contribution is -2.09. The number of hydrogen-bond acceptors (Lipinski definition) is 2. The molecular weight excluding hydrogens is 195 g/mol. The molecule has 0 radical (unpaired) electrons. The minimum atomic E-state index is -3.19. The summed E-state index contributed by atoms with van der Waals surface area (Å²) in [6.07, 6.45) is 0. The third-order valence-electron chi connectivity index (χ3n) is 1.71. The number of halogens is 1. The summed E-state index contributed by atoms with van der Waals surface area (Å²) in [6.45, 7) is 0. The molecule has 1 atom stereocenters. The Morgan fingerprint density at radius 2 is 2.15 bits per heavy atom. The van der Waals surface area contributed by atoms with Crippen LogP contribution in [0.1, 0.15) is 10.4 Å². The summed E-state index contributed by atoms with van der Waals surface area (Å²) in [7, 11) is -3.19. The van der Waals surface area contributed by atoms with Crippen LogP contribution < -0.4 is 5.14 Å². The number of carbonyl (C=O) groups is 1. The summed E-state index contributed by atoms with van der Waals surface area (Å²) >= 11 is 0. The van der Waals surface area contributed by atoms with Gasteiger partial charge in [0, 0.05) is 0 Å². The highest BCUT2D eigenvalue weighted by Crippen LogP contribution is 2.24. The van der Waals surface area contributed by atoms with Crippen molar-refractivity contribution in [1.82, 2.24) is 0 Å². The number of rotatable bonds is 0. The fourth-order valence-corrected chi connectivity index (χ4v) is 2.33. The van der Waals surface area contributed by atoms with E-state index in [0.29, 0.717) is 0 Å². The van der Waals surface area contributed by atoms with Gasteiger partial charge in [-0.25, -0.2) is 13.7 Å². The molecule has 0 fully saturated rings. The smallest absolute Gasteiger partial charge is 0.266 e. The topological polar surface area (TPSA) is 72.5 Å². The van der Waals surface area contributed by atoms with E-state index in [9.17, 15) is 13.4 Å². The molecule has 4 nitrogen and oxygen atoms in total. The Bertz CT molecular complexity index is 517. The molecule has 1 heterocycles. The van der Waals surface area contributed by atoms with E-state index in [4.69, 9.17) is 5.14 Å². The fraction of sp³-hybridized carbons (Fsp3) is 0. The Morgan fingerprint density at radius 3 is 2.85 bits per heavy atom. The Morgan fingerprint density at radius 1 is 1.46 bits per heavy atom. The van der Waals surface area contributed by atoms with Crippen molar-refractivity contribution in [2.75, 3.05) is 0 Å². The fourth-order valence-electron chi connectivity index (χ4n) is 1.14. The zero-order valence-electron chi connectivity index (χ0n) is 6.36. The lowest BCUT2D eigenvalue weighted by Gasteiger charge is -1.97. The number of amides is 1. The van der Waals surface area contributed by atoms with Crippen LogP contribution in [0.5, 0.6) is 0 Å². The first kappa shape index (κ1) is 8.33. The summed E-state index contributed by atoms with van der Waals surface area (Å²) < 4.78 is 27.3. The Labute approximate surface area is 73.9 Å². The number of benzene rings is 1. The van der Waals surface area contributed by atoms with Gasteiger partial charge in [-0.15, -0.1) is 4.36 Å². The van der Waals surface area contributed by atoms with Gasteiger partial charge >= 0.3 is 0 Å². The summed E-state index contributed by atoms with van der Waals surface area (Å²) in [4.78, 5) is 11.0. The maximum atomic E-state index is 12.7. The third-order valence-corrected chi connectivity index (χ3v) is 3.11. The minimum Gasteiger partial charge on any atom is -0.266 e. The molecule has 1 amide bonds. The van der Waals surface area contributed by atoms with Gasteiger partial charge in [0.1, 0.15) is 15.7 Å². The third kappa shape index (κ3) is 1.14. The van der Waals surface area contributed by atoms with E-state index in [0.717, 1.165) is 12.1 Å². The van der Waals surface area contributed by atoms with Crippen LogP contribution in [0.2, 0.25) is 0 Å². The highest BCUT2D eigenvalue weighted by atomic mass is 32.2. The molecule has 1 unspecified atom stereocenters. The van der Waals surface area contributed by atoms with Crippen molar-refractivity contribution in [3.05, 3.63) is 29.6 Å². The average molecular weight is 200 g/mol. The van der Waals surface area contributed by atoms with Crippen LogP contribution in [-0.2, 0) is 9.92 Å². The molecule has 1 aromatic carbocycles. The van der Waals surface area contributed by atoms with Gasteiger partial charge in [-0.1, -0.05) is 0 Å². The molecular formula is C7H5FN2O2S. The van der Waals surface area contributed by atoms with Gasteiger partial charge in [0.15, 0.2) is 0 Å². The second-order valence-electron chi connectivity index (χ2n) is 2.61. The molecule has 68 valence electrons. The first-order valence-electron chi connectivity index (χ1n) is 3.39. The van der Waals surface area contributed by atoms with E-state index in [1.807, 2.05) is 0 Å². The van der Waals surface area contributed by atoms with Crippen LogP contribution in [0.15, 0.2) is 27.5 Å². The predicted octanol–water partition coefficient (Wildman–Crippen LogP) is 0.680. The summed E-state index contributed by atoms with van der Waals surface area (Å²) in [6, 6.07) is 3.31. The molecule has 1 aromatic rings. The SMILES string of the molecule is NS1(=O)=NC(=O)c2ccc(F)cc21. The summed E-state index contributed by atoms with van der Waals surface area (Å²) in [5.74, 6) is -1.23. The van der Waals surface area contributed by atoms with Gasteiger partial charge in [0.25, 0.3) is 5.91 Å². The molecule has 0 aromatic heterocycles. The normalized spacial score (nSPS) is 25.5. The van der Waals surface area contributed by atoms with Crippen molar-refractivity contribution in [2.24, 2.45) is 9.50 Å². The zero-order valence-corrected chi connectivity index (χ0v) is 7.18. The molecule has 0 saturated heterocycles. The van der Waals surface area contributed by atoms with Crippen LogP contribution in [0.3, 0.4) is 0 Å². The van der Waals surface area contributed by atoms with Crippen molar-refractivity contribution in [3.8, 4) is 0 Å². The van der Waals surface area contributed by atoms with Crippen molar-refractivity contribution >= 4 is 15.8 Å². The lowest BCUT2D eigenvalue weighted by atomic mass is 10.2. The lowest BCUT2D eigenvalue weighted by molar-refractivity contribution is 0.101. The monoisotopic (exact) mass is 200 g/mol. The molecule has 0 saturated carbocycles. The van der Waals surface area contributed by atoms with E-state index >= 15 is 0 Å². The van der Waals surface area contributed by atoms with E-state index in [1.165, 1.54) is 6.07 Å². The second kappa shape index (κ2) is 2.36. The number of nitrogens with two attached hydrogens (primary N) is 1. The minimum absolute atomic E-state index is 0.0162. The van der Waals surface area contributed by atoms with Gasteiger partial charge in [-0.05, 0) is 18.2 Å². The van der Waals surface area contributed by atoms with E-state index in [2.05, 4.69) is 4.36 Å². The van der Waals surface area contributed by atoms with Crippen LogP contribution in [-0.4, -0.2) is 10.1 Å². The van der Waals surface area contributed by atoms with E-state index in [-0.39, 0.29) is 10.5 Å². The van der Waals surface area contributed by atoms with E-state index in [1.54, 1.807) is 0 Å². The quantitative estimate of drug-likeness (QED) is 0.668. The molecule has 13 heavy (non-hydrogen) atoms. The predicted molar refractivity (Wildman–Crippen MR) is 43.8 cm³/mol. The summed E-state index contributed by atoms with van der Waals surface area (Å²) in [5.41, 5.74) is 0.119. The van der Waals surface area contributed by atoms with Gasteiger partial charge in [0.05, 0.1) is 10.5 Å². The Hall–Kier alpha value is -1.27. The van der Waals surface area contributed by atoms with Gasteiger partial charge < -0.3 is 0 Å². The van der Waals surface area contributed by atoms with Gasteiger partial charge in [-0.3, -0.25) is 4.79 Å². The zero-order chi connectivity index (χ0) is 9.64. The number of hydrogen-bond donors (Lipinski definition) is 1. The highest BCUT2D eigenvalue weighted by molar-refractivity contribution is 7.92. The first-order chi connectivity index (χ1) is 6.00. The largest absolute Gasteiger partial charge is 0.287 e. The van der Waals surface area contributed by atoms with Crippen LogP contribution in [0.25, 0.3) is 0 Å². The molecule has 2 rings (SSSR count). The molecule has 1 aliphatic heterocycles. The highest BCUT2D eigenvalue weighted by Gasteiger charge is 2.26. The maximum Gasteiger partial charge on any atom is 0.287 e. The molecule has 0 aliphatic carbocycles. The molecule has 6 heteroatoms. The standard InChI is InChI=1S/C7H5FN2O2S/c8-4-1-2-5-6(3-4)13(9,12)10-7(5)11/h1-3H,(H2,9,10,11,12). The van der Waals surface area contributed by atoms with Crippen molar-refractivity contribution < 1.29 is 13.4 Å². The van der Waals surface area contributed by atoms with Crippen LogP contribution in [0.4, 0.5) is 4.39 Å². The summed E-state index contributed by atoms with van der Waals surface area (Å²) in [5, 5.41) is 5.22. The average Bonchev–Trinajstić information content (AvgIpc) is 2.23. The number of fused-ring (bicyclic) bond motifs is 1. The Kier molecular flexibility index (Phi) is 1.52. The molecule has 2 N–H and O–H groups in total. The molecule has 0 spiro atoms. The maximum absolute atomic E-state index is 12.7. The van der Waals surface area contributed by atoms with Crippen LogP contribution in [0, 0.1) is 5.82 Å². The first-order valence-corrected chi connectivity index (χ1v) is 4.97. The number of nitrogens with zero attached hydrogens (tertiary/aromatic N) is 1. The van der Waals surface area contributed by atoms with Crippen molar-refractivity contribution in [1.29, 1.82) is 0 Å². The second-order valence-corrected chi connectivity index (χ2v) is 4.37. The molecule has 1 aliphatic rings. The van der Waals surface area contributed by atoms with E-state index < -0.39 is 21.6 Å². The van der Waals surface area contributed by atoms with Crippen molar-refractivity contribution in [2.45, 2.75) is 4.90 Å². The van der Waals surface area contributed by atoms with Crippen LogP contribution >= 0.6 is 0 Å². The van der Waals surface area contributed by atoms with Gasteiger partial charge in [0.2, 0.25) is 0 Å². The van der Waals surface area contributed by atoms with Crippen molar-refractivity contribution in [3.63, 3.8) is 0 Å². The Balaban J connectivity index is 2.84. The van der Waals surface area contributed by atoms with Gasteiger partial charge in [-0.2, -0.15) is 0 Å². The number of carbonyl (C=O) groups excluding carboxylic acids is 1.